The van der Waals surface area contributed by atoms with Crippen molar-refractivity contribution in [3.05, 3.63) is 34.2 Å². The Morgan fingerprint density at radius 3 is 2.49 bits per heavy atom. The Balaban J connectivity index is 1.79. The van der Waals surface area contributed by atoms with E-state index in [4.69, 9.17) is 9.72 Å². The first-order valence-electron chi connectivity index (χ1n) is 12.1. The number of rotatable bonds is 8. The van der Waals surface area contributed by atoms with Crippen molar-refractivity contribution in [3.8, 4) is 17.1 Å². The standard InChI is InChI=1S/C24H34N6O4S/c1-6-8-19-21-22(28(5)27-19)24(31)26-23(25-21)18-15-17(9-10-20(18)34-7-2)35(32,33)30-13-11-29(12-14-30)16(3)4/h9-10,15-16H,6-8,11-14H2,1-5H3,(H,25,26,31). The van der Waals surface area contributed by atoms with Crippen molar-refractivity contribution in [2.45, 2.75) is 51.5 Å². The van der Waals surface area contributed by atoms with Crippen LogP contribution in [0.4, 0.5) is 0 Å². The summed E-state index contributed by atoms with van der Waals surface area (Å²) >= 11 is 0. The van der Waals surface area contributed by atoms with Gasteiger partial charge in [-0.2, -0.15) is 9.40 Å². The molecule has 0 atom stereocenters. The second-order valence-electron chi connectivity index (χ2n) is 9.06. The van der Waals surface area contributed by atoms with Crippen molar-refractivity contribution in [2.24, 2.45) is 7.05 Å². The van der Waals surface area contributed by atoms with Crippen LogP contribution in [0.5, 0.6) is 5.75 Å². The van der Waals surface area contributed by atoms with Crippen LogP contribution in [-0.2, 0) is 23.5 Å². The van der Waals surface area contributed by atoms with Gasteiger partial charge in [-0.05, 0) is 45.4 Å². The summed E-state index contributed by atoms with van der Waals surface area (Å²) in [6.07, 6.45) is 1.54. The third-order valence-electron chi connectivity index (χ3n) is 6.40. The number of piperazine rings is 1. The Kier molecular flexibility index (Phi) is 7.30. The molecule has 1 aromatic carbocycles. The first kappa shape index (κ1) is 25.3. The summed E-state index contributed by atoms with van der Waals surface area (Å²) < 4.78 is 35.8. The zero-order valence-electron chi connectivity index (χ0n) is 21.0. The zero-order valence-corrected chi connectivity index (χ0v) is 21.9. The van der Waals surface area contributed by atoms with E-state index in [1.165, 1.54) is 8.99 Å². The molecule has 1 N–H and O–H groups in total. The highest BCUT2D eigenvalue weighted by Crippen LogP contribution is 2.32. The molecule has 1 aliphatic rings. The second kappa shape index (κ2) is 10.1. The molecule has 3 aromatic rings. The van der Waals surface area contributed by atoms with E-state index >= 15 is 0 Å². The topological polar surface area (TPSA) is 113 Å². The van der Waals surface area contributed by atoms with Crippen LogP contribution in [-0.4, -0.2) is 76.2 Å². The van der Waals surface area contributed by atoms with Crippen molar-refractivity contribution >= 4 is 21.1 Å². The lowest BCUT2D eigenvalue weighted by Crippen LogP contribution is -2.50. The molecule has 0 amide bonds. The fourth-order valence-corrected chi connectivity index (χ4v) is 5.97. The Bertz CT molecular complexity index is 1370. The minimum absolute atomic E-state index is 0.150. The van der Waals surface area contributed by atoms with Gasteiger partial charge in [0.2, 0.25) is 10.0 Å². The molecule has 0 aliphatic carbocycles. The summed E-state index contributed by atoms with van der Waals surface area (Å²) in [4.78, 5) is 22.9. The van der Waals surface area contributed by atoms with Gasteiger partial charge >= 0.3 is 0 Å². The molecule has 1 fully saturated rings. The van der Waals surface area contributed by atoms with Crippen LogP contribution in [0.25, 0.3) is 22.4 Å². The van der Waals surface area contributed by atoms with E-state index in [1.54, 1.807) is 25.2 Å². The van der Waals surface area contributed by atoms with Crippen LogP contribution in [0.2, 0.25) is 0 Å². The van der Waals surface area contributed by atoms with Gasteiger partial charge in [0, 0.05) is 39.3 Å². The molecule has 0 unspecified atom stereocenters. The third kappa shape index (κ3) is 4.85. The first-order chi connectivity index (χ1) is 16.7. The van der Waals surface area contributed by atoms with Crippen LogP contribution >= 0.6 is 0 Å². The summed E-state index contributed by atoms with van der Waals surface area (Å²) in [5.41, 5.74) is 1.75. The van der Waals surface area contributed by atoms with Gasteiger partial charge in [0.05, 0.1) is 22.8 Å². The van der Waals surface area contributed by atoms with Crippen molar-refractivity contribution in [2.75, 3.05) is 32.8 Å². The molecule has 10 nitrogen and oxygen atoms in total. The lowest BCUT2D eigenvalue weighted by Gasteiger charge is -2.36. The molecule has 2 aromatic heterocycles. The quantitative estimate of drug-likeness (QED) is 0.503. The van der Waals surface area contributed by atoms with Gasteiger partial charge < -0.3 is 9.72 Å². The number of nitrogens with zero attached hydrogens (tertiary/aromatic N) is 5. The highest BCUT2D eigenvalue weighted by molar-refractivity contribution is 7.89. The molecule has 1 saturated heterocycles. The Hall–Kier alpha value is -2.76. The molecule has 35 heavy (non-hydrogen) atoms. The van der Waals surface area contributed by atoms with Gasteiger partial charge in [-0.25, -0.2) is 13.4 Å². The van der Waals surface area contributed by atoms with E-state index in [0.717, 1.165) is 12.1 Å². The van der Waals surface area contributed by atoms with Gasteiger partial charge in [0.15, 0.2) is 5.52 Å². The first-order valence-corrected chi connectivity index (χ1v) is 13.6. The summed E-state index contributed by atoms with van der Waals surface area (Å²) in [5.74, 6) is 0.720. The van der Waals surface area contributed by atoms with Crippen LogP contribution in [0, 0.1) is 0 Å². The second-order valence-corrected chi connectivity index (χ2v) is 11.0. The highest BCUT2D eigenvalue weighted by Gasteiger charge is 2.30. The third-order valence-corrected chi connectivity index (χ3v) is 8.29. The van der Waals surface area contributed by atoms with Crippen LogP contribution in [0.15, 0.2) is 27.9 Å². The van der Waals surface area contributed by atoms with Crippen molar-refractivity contribution in [3.63, 3.8) is 0 Å². The van der Waals surface area contributed by atoms with E-state index < -0.39 is 10.0 Å². The average molecular weight is 503 g/mol. The molecule has 0 bridgehead atoms. The Morgan fingerprint density at radius 1 is 1.14 bits per heavy atom. The van der Waals surface area contributed by atoms with Gasteiger partial charge in [-0.3, -0.25) is 14.4 Å². The summed E-state index contributed by atoms with van der Waals surface area (Å²) in [5, 5.41) is 4.47. The minimum Gasteiger partial charge on any atom is -0.493 e. The number of fused-ring (bicyclic) bond motifs is 1. The maximum Gasteiger partial charge on any atom is 0.277 e. The SMILES string of the molecule is CCCc1nn(C)c2c(=O)[nH]c(-c3cc(S(=O)(=O)N4CCN(C(C)C)CC4)ccc3OCC)nc12. The minimum atomic E-state index is -3.72. The van der Waals surface area contributed by atoms with Crippen molar-refractivity contribution in [1.82, 2.24) is 29.0 Å². The molecule has 11 heteroatoms. The maximum absolute atomic E-state index is 13.5. The number of aryl methyl sites for hydroxylation is 2. The molecule has 0 spiro atoms. The molecular weight excluding hydrogens is 468 g/mol. The molecule has 0 saturated carbocycles. The normalized spacial score (nSPS) is 15.8. The molecule has 0 radical (unpaired) electrons. The van der Waals surface area contributed by atoms with Crippen LogP contribution in [0.1, 0.15) is 39.8 Å². The monoisotopic (exact) mass is 502 g/mol. The number of ether oxygens (including phenoxy) is 1. The molecule has 190 valence electrons. The fourth-order valence-electron chi connectivity index (χ4n) is 4.52. The molecule has 1 aliphatic heterocycles. The summed E-state index contributed by atoms with van der Waals surface area (Å²) in [6, 6.07) is 5.12. The predicted octanol–water partition coefficient (Wildman–Crippen LogP) is 2.39. The molecule has 3 heterocycles. The van der Waals surface area contributed by atoms with E-state index in [0.29, 0.717) is 67.6 Å². The number of hydrogen-bond acceptors (Lipinski definition) is 7. The van der Waals surface area contributed by atoms with Gasteiger partial charge in [0.25, 0.3) is 5.56 Å². The zero-order chi connectivity index (χ0) is 25.3. The van der Waals surface area contributed by atoms with Gasteiger partial charge in [-0.15, -0.1) is 0 Å². The van der Waals surface area contributed by atoms with Crippen molar-refractivity contribution in [1.29, 1.82) is 0 Å². The Labute approximate surface area is 206 Å². The van der Waals surface area contributed by atoms with E-state index in [-0.39, 0.29) is 16.3 Å². The highest BCUT2D eigenvalue weighted by atomic mass is 32.2. The number of nitrogens with one attached hydrogen (secondary N) is 1. The van der Waals surface area contributed by atoms with Crippen LogP contribution < -0.4 is 10.3 Å². The van der Waals surface area contributed by atoms with Gasteiger partial charge in [-0.1, -0.05) is 13.3 Å². The number of H-pyrrole nitrogens is 1. The van der Waals surface area contributed by atoms with Gasteiger partial charge in [0.1, 0.15) is 17.1 Å². The van der Waals surface area contributed by atoms with Crippen LogP contribution in [0.3, 0.4) is 0 Å². The van der Waals surface area contributed by atoms with Crippen molar-refractivity contribution < 1.29 is 13.2 Å². The largest absolute Gasteiger partial charge is 0.493 e. The fraction of sp³-hybridized carbons (Fsp3) is 0.542. The molecular formula is C24H34N6O4S. The number of sulfonamides is 1. The molecule has 4 rings (SSSR count). The number of benzene rings is 1. The smallest absolute Gasteiger partial charge is 0.277 e. The summed E-state index contributed by atoms with van der Waals surface area (Å²) in [7, 11) is -2.01. The number of aromatic nitrogens is 4. The Morgan fingerprint density at radius 2 is 1.86 bits per heavy atom. The predicted molar refractivity (Wildman–Crippen MR) is 135 cm³/mol. The van der Waals surface area contributed by atoms with E-state index in [9.17, 15) is 13.2 Å². The lowest BCUT2D eigenvalue weighted by atomic mass is 10.1. The number of aromatic amines is 1. The summed E-state index contributed by atoms with van der Waals surface area (Å²) in [6.45, 7) is 10.7. The van der Waals surface area contributed by atoms with E-state index in [1.807, 2.05) is 13.8 Å². The lowest BCUT2D eigenvalue weighted by molar-refractivity contribution is 0.154. The average Bonchev–Trinajstić information content (AvgIpc) is 3.15. The van der Waals surface area contributed by atoms with E-state index in [2.05, 4.69) is 28.8 Å². The maximum atomic E-state index is 13.5. The number of hydrogen-bond donors (Lipinski definition) is 1.